The van der Waals surface area contributed by atoms with Crippen molar-refractivity contribution >= 4 is 5.69 Å². The molecule has 1 unspecified atom stereocenters. The van der Waals surface area contributed by atoms with Crippen LogP contribution in [-0.2, 0) is 0 Å². The molecule has 1 aliphatic rings. The van der Waals surface area contributed by atoms with Gasteiger partial charge in [-0.1, -0.05) is 6.92 Å². The van der Waals surface area contributed by atoms with Gasteiger partial charge in [0.15, 0.2) is 0 Å². The van der Waals surface area contributed by atoms with Crippen molar-refractivity contribution in [1.82, 2.24) is 4.98 Å². The van der Waals surface area contributed by atoms with Gasteiger partial charge in [0.05, 0.1) is 30.1 Å². The van der Waals surface area contributed by atoms with Gasteiger partial charge in [-0.2, -0.15) is 5.26 Å². The van der Waals surface area contributed by atoms with Crippen molar-refractivity contribution in [3.63, 3.8) is 0 Å². The smallest absolute Gasteiger partial charge is 0.0640 e. The first-order valence-corrected chi connectivity index (χ1v) is 6.61. The van der Waals surface area contributed by atoms with Gasteiger partial charge >= 0.3 is 0 Å². The lowest BCUT2D eigenvalue weighted by atomic mass is 10.1. The van der Waals surface area contributed by atoms with E-state index in [4.69, 9.17) is 11.0 Å². The van der Waals surface area contributed by atoms with Crippen molar-refractivity contribution in [1.29, 1.82) is 5.26 Å². The summed E-state index contributed by atoms with van der Waals surface area (Å²) in [6.07, 6.45) is 5.80. The molecule has 1 saturated carbocycles. The standard InChI is InChI=1S/C14H20N4/c1-2-13(16)14-7-6-12(10-17-14)18(9-3-8-15)11-4-5-11/h6-7,10-11,13H,2-5,9,16H2,1H3. The van der Waals surface area contributed by atoms with E-state index < -0.39 is 0 Å². The van der Waals surface area contributed by atoms with Crippen LogP contribution in [0.2, 0.25) is 0 Å². The fourth-order valence-corrected chi connectivity index (χ4v) is 2.08. The van der Waals surface area contributed by atoms with Gasteiger partial charge in [0.2, 0.25) is 0 Å². The van der Waals surface area contributed by atoms with E-state index in [1.54, 1.807) is 0 Å². The molecule has 2 N–H and O–H groups in total. The van der Waals surface area contributed by atoms with Gasteiger partial charge in [-0.3, -0.25) is 4.98 Å². The highest BCUT2D eigenvalue weighted by molar-refractivity contribution is 5.47. The summed E-state index contributed by atoms with van der Waals surface area (Å²) in [6.45, 7) is 2.85. The van der Waals surface area contributed by atoms with Crippen molar-refractivity contribution in [2.45, 2.75) is 44.7 Å². The van der Waals surface area contributed by atoms with Crippen LogP contribution >= 0.6 is 0 Å². The van der Waals surface area contributed by atoms with Crippen LogP contribution in [0.4, 0.5) is 5.69 Å². The minimum atomic E-state index is 0.0209. The maximum Gasteiger partial charge on any atom is 0.0640 e. The number of anilines is 1. The maximum absolute atomic E-state index is 8.70. The number of pyridine rings is 1. The molecule has 0 aliphatic heterocycles. The summed E-state index contributed by atoms with van der Waals surface area (Å²) in [5, 5.41) is 8.70. The van der Waals surface area contributed by atoms with Crippen LogP contribution in [0.1, 0.15) is 44.3 Å². The monoisotopic (exact) mass is 244 g/mol. The topological polar surface area (TPSA) is 65.9 Å². The lowest BCUT2D eigenvalue weighted by molar-refractivity contribution is 0.674. The predicted molar refractivity (Wildman–Crippen MR) is 72.1 cm³/mol. The molecule has 1 aromatic heterocycles. The Morgan fingerprint density at radius 2 is 2.33 bits per heavy atom. The van der Waals surface area contributed by atoms with E-state index in [1.807, 2.05) is 12.3 Å². The molecule has 0 radical (unpaired) electrons. The van der Waals surface area contributed by atoms with E-state index in [0.29, 0.717) is 12.5 Å². The summed E-state index contributed by atoms with van der Waals surface area (Å²) >= 11 is 0. The number of aromatic nitrogens is 1. The molecule has 0 aromatic carbocycles. The van der Waals surface area contributed by atoms with Gasteiger partial charge in [-0.25, -0.2) is 0 Å². The van der Waals surface area contributed by atoms with Crippen LogP contribution in [0, 0.1) is 11.3 Å². The largest absolute Gasteiger partial charge is 0.366 e. The van der Waals surface area contributed by atoms with E-state index in [9.17, 15) is 0 Å². The predicted octanol–water partition coefficient (Wildman–Crippen LogP) is 2.37. The third kappa shape index (κ3) is 2.99. The van der Waals surface area contributed by atoms with Gasteiger partial charge in [0, 0.05) is 18.6 Å². The summed E-state index contributed by atoms with van der Waals surface area (Å²) in [7, 11) is 0. The SMILES string of the molecule is CCC(N)c1ccc(N(CCC#N)C2CC2)cn1. The first kappa shape index (κ1) is 12.8. The minimum absolute atomic E-state index is 0.0209. The number of nitriles is 1. The van der Waals surface area contributed by atoms with Crippen molar-refractivity contribution in [3.8, 4) is 6.07 Å². The van der Waals surface area contributed by atoms with Gasteiger partial charge < -0.3 is 10.6 Å². The van der Waals surface area contributed by atoms with Gasteiger partial charge in [-0.15, -0.1) is 0 Å². The van der Waals surface area contributed by atoms with E-state index in [1.165, 1.54) is 12.8 Å². The highest BCUT2D eigenvalue weighted by Gasteiger charge is 2.29. The van der Waals surface area contributed by atoms with Crippen molar-refractivity contribution in [2.24, 2.45) is 5.73 Å². The Labute approximate surface area is 108 Å². The summed E-state index contributed by atoms with van der Waals surface area (Å²) in [5.74, 6) is 0. The van der Waals surface area contributed by atoms with Crippen molar-refractivity contribution < 1.29 is 0 Å². The van der Waals surface area contributed by atoms with Gasteiger partial charge in [0.25, 0.3) is 0 Å². The third-order valence-corrected chi connectivity index (χ3v) is 3.37. The molecule has 1 aromatic rings. The highest BCUT2D eigenvalue weighted by atomic mass is 15.2. The van der Waals surface area contributed by atoms with Crippen LogP contribution in [0.15, 0.2) is 18.3 Å². The van der Waals surface area contributed by atoms with Crippen molar-refractivity contribution in [3.05, 3.63) is 24.0 Å². The zero-order chi connectivity index (χ0) is 13.0. The molecule has 18 heavy (non-hydrogen) atoms. The molecule has 0 saturated heterocycles. The van der Waals surface area contributed by atoms with Gasteiger partial charge in [-0.05, 0) is 31.4 Å². The van der Waals surface area contributed by atoms with Crippen LogP contribution in [0.3, 0.4) is 0 Å². The van der Waals surface area contributed by atoms with E-state index in [-0.39, 0.29) is 6.04 Å². The first-order chi connectivity index (χ1) is 8.76. The maximum atomic E-state index is 8.70. The van der Waals surface area contributed by atoms with Crippen LogP contribution < -0.4 is 10.6 Å². The molecule has 0 amide bonds. The zero-order valence-electron chi connectivity index (χ0n) is 10.8. The third-order valence-electron chi connectivity index (χ3n) is 3.37. The average molecular weight is 244 g/mol. The minimum Gasteiger partial charge on any atom is -0.366 e. The Kier molecular flexibility index (Phi) is 4.16. The average Bonchev–Trinajstić information content (AvgIpc) is 3.24. The Balaban J connectivity index is 2.08. The van der Waals surface area contributed by atoms with Crippen LogP contribution in [0.25, 0.3) is 0 Å². The lowest BCUT2D eigenvalue weighted by Gasteiger charge is -2.23. The molecule has 1 atom stereocenters. The number of nitrogens with zero attached hydrogens (tertiary/aromatic N) is 3. The summed E-state index contributed by atoms with van der Waals surface area (Å²) in [4.78, 5) is 6.73. The second-order valence-corrected chi connectivity index (χ2v) is 4.79. The molecule has 0 spiro atoms. The Hall–Kier alpha value is -1.60. The van der Waals surface area contributed by atoms with E-state index >= 15 is 0 Å². The number of hydrogen-bond acceptors (Lipinski definition) is 4. The Morgan fingerprint density at radius 3 is 2.83 bits per heavy atom. The van der Waals surface area contributed by atoms with E-state index in [0.717, 1.165) is 24.3 Å². The molecule has 4 heteroatoms. The number of hydrogen-bond donors (Lipinski definition) is 1. The molecule has 1 fully saturated rings. The molecule has 0 bridgehead atoms. The Morgan fingerprint density at radius 1 is 1.56 bits per heavy atom. The fraction of sp³-hybridized carbons (Fsp3) is 0.571. The number of nitrogens with two attached hydrogens (primary N) is 1. The molecular weight excluding hydrogens is 224 g/mol. The van der Waals surface area contributed by atoms with Crippen LogP contribution in [0.5, 0.6) is 0 Å². The van der Waals surface area contributed by atoms with Gasteiger partial charge in [0.1, 0.15) is 0 Å². The molecule has 1 aliphatic carbocycles. The van der Waals surface area contributed by atoms with Crippen LogP contribution in [-0.4, -0.2) is 17.6 Å². The normalized spacial score (nSPS) is 16.1. The van der Waals surface area contributed by atoms with Crippen molar-refractivity contribution in [2.75, 3.05) is 11.4 Å². The molecule has 4 nitrogen and oxygen atoms in total. The summed E-state index contributed by atoms with van der Waals surface area (Å²) in [5.41, 5.74) is 8.01. The van der Waals surface area contributed by atoms with E-state index in [2.05, 4.69) is 28.9 Å². The lowest BCUT2D eigenvalue weighted by Crippen LogP contribution is -2.26. The zero-order valence-corrected chi connectivity index (χ0v) is 10.8. The second kappa shape index (κ2) is 5.83. The molecule has 2 rings (SSSR count). The molecule has 1 heterocycles. The number of rotatable bonds is 6. The quantitative estimate of drug-likeness (QED) is 0.834. The fourth-order valence-electron chi connectivity index (χ4n) is 2.08. The highest BCUT2D eigenvalue weighted by Crippen LogP contribution is 2.31. The first-order valence-electron chi connectivity index (χ1n) is 6.61. The second-order valence-electron chi connectivity index (χ2n) is 4.79. The molecule has 96 valence electrons. The summed E-state index contributed by atoms with van der Waals surface area (Å²) < 4.78 is 0. The molecular formula is C14H20N4. The Bertz CT molecular complexity index is 416. The summed E-state index contributed by atoms with van der Waals surface area (Å²) in [6, 6.07) is 6.91.